The number of pyridine rings is 1. The largest absolute Gasteiger partial charge is 0.493 e. The van der Waals surface area contributed by atoms with E-state index in [0.29, 0.717) is 12.1 Å². The zero-order valence-corrected chi connectivity index (χ0v) is 8.03. The van der Waals surface area contributed by atoms with Gasteiger partial charge in [-0.1, -0.05) is 0 Å². The Bertz CT molecular complexity index is 443. The molecule has 0 amide bonds. The number of nitriles is 1. The number of aryl methyl sites for hydroxylation is 1. The van der Waals surface area contributed by atoms with Crippen LogP contribution in [0.15, 0.2) is 10.9 Å². The molecule has 1 aromatic heterocycles. The Balaban J connectivity index is 3.46. The van der Waals surface area contributed by atoms with Crippen molar-refractivity contribution in [2.24, 2.45) is 0 Å². The van der Waals surface area contributed by atoms with Crippen molar-refractivity contribution < 1.29 is 5.11 Å². The fourth-order valence-corrected chi connectivity index (χ4v) is 1.16. The summed E-state index contributed by atoms with van der Waals surface area (Å²) in [5, 5.41) is 18.1. The fraction of sp³-hybridized carbons (Fsp3) is 0.333. The Kier molecular flexibility index (Phi) is 2.77. The Hall–Kier alpha value is -1.96. The first-order valence-electron chi connectivity index (χ1n) is 4.21. The molecular formula is C9H11N3O2. The van der Waals surface area contributed by atoms with Crippen molar-refractivity contribution in [3.63, 3.8) is 0 Å². The van der Waals surface area contributed by atoms with Crippen LogP contribution in [0.5, 0.6) is 5.88 Å². The zero-order valence-electron chi connectivity index (χ0n) is 8.03. The topological polar surface area (TPSA) is 78.0 Å². The summed E-state index contributed by atoms with van der Waals surface area (Å²) in [5.41, 5.74) is 2.65. The van der Waals surface area contributed by atoms with Crippen LogP contribution in [0.3, 0.4) is 0 Å². The van der Waals surface area contributed by atoms with Crippen molar-refractivity contribution in [1.82, 2.24) is 4.68 Å². The van der Waals surface area contributed by atoms with Gasteiger partial charge in [0.15, 0.2) is 0 Å². The van der Waals surface area contributed by atoms with E-state index in [1.54, 1.807) is 19.9 Å². The summed E-state index contributed by atoms with van der Waals surface area (Å²) in [5.74, 6) is -0.187. The van der Waals surface area contributed by atoms with Crippen LogP contribution >= 0.6 is 0 Å². The number of aromatic nitrogens is 1. The van der Waals surface area contributed by atoms with Crippen LogP contribution in [0.4, 0.5) is 0 Å². The van der Waals surface area contributed by atoms with Crippen LogP contribution in [0.1, 0.15) is 18.1 Å². The first-order valence-corrected chi connectivity index (χ1v) is 4.21. The van der Waals surface area contributed by atoms with Gasteiger partial charge in [-0.05, 0) is 19.4 Å². The van der Waals surface area contributed by atoms with E-state index in [2.05, 4.69) is 5.43 Å². The zero-order chi connectivity index (χ0) is 10.7. The summed E-state index contributed by atoms with van der Waals surface area (Å²) in [6, 6.07) is 3.18. The first-order chi connectivity index (χ1) is 6.61. The third-order valence-electron chi connectivity index (χ3n) is 1.81. The molecule has 0 unspecified atom stereocenters. The molecule has 14 heavy (non-hydrogen) atoms. The third-order valence-corrected chi connectivity index (χ3v) is 1.81. The molecule has 5 heteroatoms. The van der Waals surface area contributed by atoms with Gasteiger partial charge in [-0.2, -0.15) is 9.94 Å². The minimum absolute atomic E-state index is 0.0451. The van der Waals surface area contributed by atoms with Gasteiger partial charge in [0, 0.05) is 12.6 Å². The van der Waals surface area contributed by atoms with E-state index in [0.717, 1.165) is 4.68 Å². The molecule has 2 N–H and O–H groups in total. The summed E-state index contributed by atoms with van der Waals surface area (Å²) in [7, 11) is 0. The van der Waals surface area contributed by atoms with E-state index < -0.39 is 5.56 Å². The van der Waals surface area contributed by atoms with E-state index >= 15 is 0 Å². The Morgan fingerprint density at radius 2 is 2.36 bits per heavy atom. The molecular weight excluding hydrogens is 182 g/mol. The van der Waals surface area contributed by atoms with Crippen LogP contribution in [0.25, 0.3) is 0 Å². The second-order valence-corrected chi connectivity index (χ2v) is 2.82. The van der Waals surface area contributed by atoms with E-state index in [1.165, 1.54) is 6.07 Å². The van der Waals surface area contributed by atoms with Gasteiger partial charge in [-0.3, -0.25) is 4.79 Å². The maximum Gasteiger partial charge on any atom is 0.290 e. The molecule has 0 saturated carbocycles. The maximum atomic E-state index is 11.5. The number of nitrogens with zero attached hydrogens (tertiary/aromatic N) is 2. The molecule has 0 aliphatic carbocycles. The van der Waals surface area contributed by atoms with Crippen LogP contribution < -0.4 is 11.0 Å². The van der Waals surface area contributed by atoms with Crippen LogP contribution in [0.2, 0.25) is 0 Å². The van der Waals surface area contributed by atoms with E-state index in [9.17, 15) is 9.90 Å². The quantitative estimate of drug-likeness (QED) is 0.708. The molecule has 1 aromatic rings. The van der Waals surface area contributed by atoms with Crippen molar-refractivity contribution in [3.8, 4) is 11.9 Å². The Morgan fingerprint density at radius 1 is 1.71 bits per heavy atom. The normalized spacial score (nSPS) is 9.50. The molecule has 0 atom stereocenters. The lowest BCUT2D eigenvalue weighted by Crippen LogP contribution is -2.30. The standard InChI is InChI=1S/C9H11N3O2/c1-3-11-12-8(13)4-6(2)7(5-10)9(12)14/h4,11,13H,3H2,1-2H3. The molecule has 0 aromatic carbocycles. The van der Waals surface area contributed by atoms with Gasteiger partial charge >= 0.3 is 0 Å². The van der Waals surface area contributed by atoms with E-state index in [1.807, 2.05) is 0 Å². The van der Waals surface area contributed by atoms with Gasteiger partial charge in [0.25, 0.3) is 5.56 Å². The average molecular weight is 193 g/mol. The van der Waals surface area contributed by atoms with Crippen LogP contribution in [0, 0.1) is 18.3 Å². The Labute approximate surface area is 81.2 Å². The summed E-state index contributed by atoms with van der Waals surface area (Å²) < 4.78 is 0.964. The fourth-order valence-electron chi connectivity index (χ4n) is 1.16. The molecule has 1 heterocycles. The van der Waals surface area contributed by atoms with Crippen LogP contribution in [-0.2, 0) is 0 Å². The highest BCUT2D eigenvalue weighted by Crippen LogP contribution is 2.09. The summed E-state index contributed by atoms with van der Waals surface area (Å²) in [4.78, 5) is 11.5. The van der Waals surface area contributed by atoms with Gasteiger partial charge in [0.2, 0.25) is 5.88 Å². The monoisotopic (exact) mass is 193 g/mol. The number of rotatable bonds is 2. The highest BCUT2D eigenvalue weighted by Gasteiger charge is 2.10. The summed E-state index contributed by atoms with van der Waals surface area (Å²) in [6.07, 6.45) is 0. The lowest BCUT2D eigenvalue weighted by molar-refractivity contribution is 0.423. The molecule has 0 radical (unpaired) electrons. The van der Waals surface area contributed by atoms with Gasteiger partial charge in [-0.15, -0.1) is 0 Å². The number of hydrogen-bond acceptors (Lipinski definition) is 4. The average Bonchev–Trinajstić information content (AvgIpc) is 2.12. The van der Waals surface area contributed by atoms with E-state index in [-0.39, 0.29) is 11.4 Å². The van der Waals surface area contributed by atoms with Crippen molar-refractivity contribution in [2.75, 3.05) is 12.0 Å². The van der Waals surface area contributed by atoms with Crippen molar-refractivity contribution in [1.29, 1.82) is 5.26 Å². The highest BCUT2D eigenvalue weighted by atomic mass is 16.3. The lowest BCUT2D eigenvalue weighted by atomic mass is 10.2. The molecule has 1 rings (SSSR count). The predicted octanol–water partition coefficient (Wildman–Crippen LogP) is 0.297. The van der Waals surface area contributed by atoms with Gasteiger partial charge in [0.1, 0.15) is 11.6 Å². The summed E-state index contributed by atoms with van der Waals surface area (Å²) in [6.45, 7) is 3.88. The smallest absolute Gasteiger partial charge is 0.290 e. The molecule has 5 nitrogen and oxygen atoms in total. The Morgan fingerprint density at radius 3 is 2.86 bits per heavy atom. The SMILES string of the molecule is CCNn1c(O)cc(C)c(C#N)c1=O. The molecule has 0 aliphatic rings. The first kappa shape index (κ1) is 10.1. The van der Waals surface area contributed by atoms with Crippen molar-refractivity contribution in [3.05, 3.63) is 27.5 Å². The second-order valence-electron chi connectivity index (χ2n) is 2.82. The van der Waals surface area contributed by atoms with Crippen molar-refractivity contribution >= 4 is 0 Å². The van der Waals surface area contributed by atoms with Gasteiger partial charge in [-0.25, -0.2) is 0 Å². The molecule has 0 aliphatic heterocycles. The minimum Gasteiger partial charge on any atom is -0.493 e. The van der Waals surface area contributed by atoms with Crippen LogP contribution in [-0.4, -0.2) is 16.3 Å². The predicted molar refractivity (Wildman–Crippen MR) is 51.7 cm³/mol. The summed E-state index contributed by atoms with van der Waals surface area (Å²) >= 11 is 0. The molecule has 0 fully saturated rings. The molecule has 0 saturated heterocycles. The van der Waals surface area contributed by atoms with Crippen molar-refractivity contribution in [2.45, 2.75) is 13.8 Å². The highest BCUT2D eigenvalue weighted by molar-refractivity contribution is 5.38. The number of nitrogens with one attached hydrogen (secondary N) is 1. The third kappa shape index (κ3) is 1.55. The van der Waals surface area contributed by atoms with Gasteiger partial charge in [0.05, 0.1) is 0 Å². The number of aromatic hydroxyl groups is 1. The number of hydrogen-bond donors (Lipinski definition) is 2. The lowest BCUT2D eigenvalue weighted by Gasteiger charge is -2.10. The molecule has 0 bridgehead atoms. The second kappa shape index (κ2) is 3.83. The van der Waals surface area contributed by atoms with E-state index in [4.69, 9.17) is 5.26 Å². The molecule has 0 spiro atoms. The maximum absolute atomic E-state index is 11.5. The van der Waals surface area contributed by atoms with Gasteiger partial charge < -0.3 is 10.5 Å². The molecule has 74 valence electrons. The minimum atomic E-state index is -0.521.